The molecule has 0 aromatic carbocycles. The monoisotopic (exact) mass is 294 g/mol. The van der Waals surface area contributed by atoms with Gasteiger partial charge < -0.3 is 5.73 Å². The van der Waals surface area contributed by atoms with Gasteiger partial charge in [0.2, 0.25) is 10.0 Å². The molecule has 1 fully saturated rings. The van der Waals surface area contributed by atoms with Crippen LogP contribution >= 0.6 is 12.4 Å². The molecule has 0 spiro atoms. The fourth-order valence-electron chi connectivity index (χ4n) is 2.19. The van der Waals surface area contributed by atoms with E-state index in [1.165, 1.54) is 4.31 Å². The lowest BCUT2D eigenvalue weighted by Crippen LogP contribution is -2.32. The van der Waals surface area contributed by atoms with Crippen molar-refractivity contribution in [2.45, 2.75) is 31.7 Å². The molecule has 0 saturated carbocycles. The van der Waals surface area contributed by atoms with Gasteiger partial charge in [0, 0.05) is 19.1 Å². The Kier molecular flexibility index (Phi) is 4.42. The Morgan fingerprint density at radius 3 is 2.39 bits per heavy atom. The molecule has 1 aliphatic heterocycles. The molecule has 2 unspecified atom stereocenters. The number of sulfonamides is 1. The quantitative estimate of drug-likeness (QED) is 0.827. The first-order chi connectivity index (χ1) is 7.84. The van der Waals surface area contributed by atoms with Crippen LogP contribution in [0.1, 0.15) is 18.3 Å². The van der Waals surface area contributed by atoms with Gasteiger partial charge in [0.05, 0.1) is 11.4 Å². The second-order valence-electron chi connectivity index (χ2n) is 4.73. The van der Waals surface area contributed by atoms with Gasteiger partial charge in [0.1, 0.15) is 4.90 Å². The number of hydrogen-bond acceptors (Lipinski definition) is 4. The van der Waals surface area contributed by atoms with Crippen molar-refractivity contribution in [2.24, 2.45) is 11.7 Å². The normalized spacial score (nSPS) is 25.1. The van der Waals surface area contributed by atoms with Crippen LogP contribution in [0.4, 0.5) is 0 Å². The van der Waals surface area contributed by atoms with Gasteiger partial charge in [-0.25, -0.2) is 8.42 Å². The minimum atomic E-state index is -3.46. The topological polar surface area (TPSA) is 92.1 Å². The molecule has 2 atom stereocenters. The standard InChI is InChI=1S/C10H18N4O2S.ClH/c1-6-4-14(5-9(6)11)17(15,16)10-7(2)12-13-8(10)3;/h6,9H,4-5,11H2,1-3H3,(H,12,13);1H. The van der Waals surface area contributed by atoms with Gasteiger partial charge in [-0.2, -0.15) is 9.40 Å². The van der Waals surface area contributed by atoms with Gasteiger partial charge in [0.15, 0.2) is 0 Å². The summed E-state index contributed by atoms with van der Waals surface area (Å²) in [5.74, 6) is 0.192. The van der Waals surface area contributed by atoms with Gasteiger partial charge in [0.25, 0.3) is 0 Å². The predicted octanol–water partition coefficient (Wildman–Crippen LogP) is 0.416. The number of halogens is 1. The van der Waals surface area contributed by atoms with E-state index in [2.05, 4.69) is 10.2 Å². The van der Waals surface area contributed by atoms with Crippen LogP contribution in [0.2, 0.25) is 0 Å². The van der Waals surface area contributed by atoms with Crippen molar-refractivity contribution < 1.29 is 8.42 Å². The Labute approximate surface area is 113 Å². The van der Waals surface area contributed by atoms with Crippen LogP contribution in [0.25, 0.3) is 0 Å². The Bertz CT molecular complexity index is 498. The maximum atomic E-state index is 12.4. The molecule has 3 N–H and O–H groups in total. The lowest BCUT2D eigenvalue weighted by molar-refractivity contribution is 0.463. The number of nitrogens with zero attached hydrogens (tertiary/aromatic N) is 2. The summed E-state index contributed by atoms with van der Waals surface area (Å²) in [6, 6.07) is -0.0858. The Morgan fingerprint density at radius 2 is 2.00 bits per heavy atom. The third-order valence-corrected chi connectivity index (χ3v) is 5.39. The van der Waals surface area contributed by atoms with Crippen LogP contribution in [0.5, 0.6) is 0 Å². The number of nitrogens with one attached hydrogen (secondary N) is 1. The molecule has 0 bridgehead atoms. The minimum Gasteiger partial charge on any atom is -0.326 e. The number of aryl methyl sites for hydroxylation is 2. The number of aromatic nitrogens is 2. The first kappa shape index (κ1) is 15.4. The van der Waals surface area contributed by atoms with Crippen LogP contribution in [0.15, 0.2) is 4.90 Å². The van der Waals surface area contributed by atoms with Gasteiger partial charge in [-0.1, -0.05) is 6.92 Å². The van der Waals surface area contributed by atoms with E-state index in [9.17, 15) is 8.42 Å². The molecule has 1 aliphatic rings. The first-order valence-electron chi connectivity index (χ1n) is 5.61. The largest absolute Gasteiger partial charge is 0.326 e. The Hall–Kier alpha value is -0.630. The lowest BCUT2D eigenvalue weighted by Gasteiger charge is -2.16. The second-order valence-corrected chi connectivity index (χ2v) is 6.60. The summed E-state index contributed by atoms with van der Waals surface area (Å²) in [4.78, 5) is 0.291. The van der Waals surface area contributed by atoms with E-state index < -0.39 is 10.0 Å². The molecule has 1 aromatic heterocycles. The molecule has 1 aromatic rings. The van der Waals surface area contributed by atoms with Crippen molar-refractivity contribution in [1.82, 2.24) is 14.5 Å². The van der Waals surface area contributed by atoms with Crippen LogP contribution in [-0.2, 0) is 10.0 Å². The van der Waals surface area contributed by atoms with Gasteiger partial charge in [-0.3, -0.25) is 5.10 Å². The molecule has 1 saturated heterocycles. The van der Waals surface area contributed by atoms with Gasteiger partial charge >= 0.3 is 0 Å². The van der Waals surface area contributed by atoms with Crippen molar-refractivity contribution in [2.75, 3.05) is 13.1 Å². The van der Waals surface area contributed by atoms with Crippen LogP contribution in [0.3, 0.4) is 0 Å². The predicted molar refractivity (Wildman–Crippen MR) is 71.2 cm³/mol. The van der Waals surface area contributed by atoms with E-state index in [-0.39, 0.29) is 24.4 Å². The van der Waals surface area contributed by atoms with E-state index in [0.29, 0.717) is 29.4 Å². The number of H-pyrrole nitrogens is 1. The second kappa shape index (κ2) is 5.16. The number of aromatic amines is 1. The molecule has 104 valence electrons. The van der Waals surface area contributed by atoms with E-state index in [1.54, 1.807) is 13.8 Å². The van der Waals surface area contributed by atoms with E-state index in [0.717, 1.165) is 0 Å². The summed E-state index contributed by atoms with van der Waals surface area (Å²) in [6.45, 7) is 6.23. The van der Waals surface area contributed by atoms with Crippen molar-refractivity contribution >= 4 is 22.4 Å². The van der Waals surface area contributed by atoms with Gasteiger partial charge in [-0.15, -0.1) is 12.4 Å². The molecule has 18 heavy (non-hydrogen) atoms. The molecule has 8 heteroatoms. The Balaban J connectivity index is 0.00000162. The zero-order chi connectivity index (χ0) is 12.8. The molecule has 0 amide bonds. The van der Waals surface area contributed by atoms with Crippen molar-refractivity contribution in [3.05, 3.63) is 11.4 Å². The number of hydrogen-bond donors (Lipinski definition) is 2. The maximum Gasteiger partial charge on any atom is 0.246 e. The maximum absolute atomic E-state index is 12.4. The van der Waals surface area contributed by atoms with E-state index >= 15 is 0 Å². The van der Waals surface area contributed by atoms with Crippen molar-refractivity contribution in [3.8, 4) is 0 Å². The average Bonchev–Trinajstić information content (AvgIpc) is 2.72. The molecular formula is C10H19ClN4O2S. The van der Waals surface area contributed by atoms with Crippen LogP contribution in [0, 0.1) is 19.8 Å². The molecule has 2 heterocycles. The van der Waals surface area contributed by atoms with Crippen LogP contribution < -0.4 is 5.73 Å². The summed E-state index contributed by atoms with van der Waals surface area (Å²) in [6.07, 6.45) is 0. The molecular weight excluding hydrogens is 276 g/mol. The van der Waals surface area contributed by atoms with Crippen molar-refractivity contribution in [1.29, 1.82) is 0 Å². The van der Waals surface area contributed by atoms with Gasteiger partial charge in [-0.05, 0) is 19.8 Å². The summed E-state index contributed by atoms with van der Waals surface area (Å²) < 4.78 is 26.3. The third kappa shape index (κ3) is 2.40. The zero-order valence-corrected chi connectivity index (χ0v) is 12.3. The fourth-order valence-corrected chi connectivity index (χ4v) is 4.10. The average molecular weight is 295 g/mol. The summed E-state index contributed by atoms with van der Waals surface area (Å²) >= 11 is 0. The lowest BCUT2D eigenvalue weighted by atomic mass is 10.1. The highest BCUT2D eigenvalue weighted by Gasteiger charge is 2.37. The molecule has 6 nitrogen and oxygen atoms in total. The Morgan fingerprint density at radius 1 is 1.39 bits per heavy atom. The summed E-state index contributed by atoms with van der Waals surface area (Å²) in [7, 11) is -3.46. The number of rotatable bonds is 2. The third-order valence-electron chi connectivity index (χ3n) is 3.30. The summed E-state index contributed by atoms with van der Waals surface area (Å²) in [5, 5.41) is 6.63. The van der Waals surface area contributed by atoms with Crippen molar-refractivity contribution in [3.63, 3.8) is 0 Å². The zero-order valence-electron chi connectivity index (χ0n) is 10.7. The van der Waals surface area contributed by atoms with E-state index in [1.807, 2.05) is 6.92 Å². The first-order valence-corrected chi connectivity index (χ1v) is 7.05. The highest BCUT2D eigenvalue weighted by molar-refractivity contribution is 7.89. The number of nitrogens with two attached hydrogens (primary N) is 1. The smallest absolute Gasteiger partial charge is 0.246 e. The van der Waals surface area contributed by atoms with E-state index in [4.69, 9.17) is 5.73 Å². The fraction of sp³-hybridized carbons (Fsp3) is 0.700. The SMILES string of the molecule is Cc1n[nH]c(C)c1S(=O)(=O)N1CC(C)C(N)C1.Cl. The molecule has 0 aliphatic carbocycles. The minimum absolute atomic E-state index is 0. The highest BCUT2D eigenvalue weighted by atomic mass is 35.5. The van der Waals surface area contributed by atoms with Crippen LogP contribution in [-0.4, -0.2) is 42.1 Å². The summed E-state index contributed by atoms with van der Waals surface area (Å²) in [5.41, 5.74) is 6.95. The highest BCUT2D eigenvalue weighted by Crippen LogP contribution is 2.26. The molecule has 2 rings (SSSR count). The molecule has 0 radical (unpaired) electrons.